The Morgan fingerprint density at radius 1 is 1.47 bits per heavy atom. The van der Waals surface area contributed by atoms with Crippen LogP contribution in [0.1, 0.15) is 32.6 Å². The van der Waals surface area contributed by atoms with Crippen LogP contribution < -0.4 is 11.1 Å². The Kier molecular flexibility index (Phi) is 4.55. The molecule has 0 radical (unpaired) electrons. The summed E-state index contributed by atoms with van der Waals surface area (Å²) in [6.07, 6.45) is 4.71. The molecule has 5 nitrogen and oxygen atoms in total. The van der Waals surface area contributed by atoms with Gasteiger partial charge >= 0.3 is 0 Å². The van der Waals surface area contributed by atoms with Gasteiger partial charge in [0, 0.05) is 18.7 Å². The van der Waals surface area contributed by atoms with Gasteiger partial charge in [0.05, 0.1) is 5.75 Å². The molecular weight excluding hydrogens is 240 g/mol. The van der Waals surface area contributed by atoms with Crippen LogP contribution in [0.4, 0.5) is 0 Å². The van der Waals surface area contributed by atoms with Crippen LogP contribution in [-0.4, -0.2) is 38.9 Å². The molecule has 0 saturated heterocycles. The molecule has 1 saturated carbocycles. The number of rotatable bonds is 6. The van der Waals surface area contributed by atoms with Crippen molar-refractivity contribution in [2.75, 3.05) is 18.6 Å². The average molecular weight is 262 g/mol. The van der Waals surface area contributed by atoms with E-state index in [0.29, 0.717) is 13.0 Å². The van der Waals surface area contributed by atoms with Gasteiger partial charge in [-0.05, 0) is 31.7 Å². The Morgan fingerprint density at radius 3 is 2.41 bits per heavy atom. The zero-order valence-electron chi connectivity index (χ0n) is 10.5. The number of nitrogens with two attached hydrogens (primary N) is 1. The Labute approximate surface area is 103 Å². The second kappa shape index (κ2) is 5.35. The van der Waals surface area contributed by atoms with Crippen LogP contribution in [0.15, 0.2) is 0 Å². The molecule has 0 aromatic carbocycles. The first-order valence-electron chi connectivity index (χ1n) is 5.93. The zero-order valence-corrected chi connectivity index (χ0v) is 11.3. The first kappa shape index (κ1) is 14.4. The van der Waals surface area contributed by atoms with Gasteiger partial charge in [-0.25, -0.2) is 8.42 Å². The Hall–Kier alpha value is -0.620. The fraction of sp³-hybridized carbons (Fsp3) is 0.909. The highest BCUT2D eigenvalue weighted by molar-refractivity contribution is 7.90. The molecule has 1 fully saturated rings. The Balaban J connectivity index is 2.39. The third-order valence-corrected chi connectivity index (χ3v) is 4.45. The zero-order chi connectivity index (χ0) is 13.1. The minimum Gasteiger partial charge on any atom is -0.353 e. The highest BCUT2D eigenvalue weighted by atomic mass is 32.2. The molecule has 0 spiro atoms. The van der Waals surface area contributed by atoms with Crippen LogP contribution >= 0.6 is 0 Å². The predicted molar refractivity (Wildman–Crippen MR) is 67.3 cm³/mol. The fourth-order valence-corrected chi connectivity index (χ4v) is 3.28. The SMILES string of the molecule is CC(CS(C)(=O)=O)NC(=O)CC1(CN)CCC1. The molecule has 0 aromatic rings. The summed E-state index contributed by atoms with van der Waals surface area (Å²) in [5, 5.41) is 2.72. The first-order chi connectivity index (χ1) is 7.76. The molecule has 0 aliphatic heterocycles. The molecule has 0 bridgehead atoms. The topological polar surface area (TPSA) is 89.3 Å². The Morgan fingerprint density at radius 2 is 2.06 bits per heavy atom. The highest BCUT2D eigenvalue weighted by Crippen LogP contribution is 2.42. The quantitative estimate of drug-likeness (QED) is 0.708. The van der Waals surface area contributed by atoms with Crippen molar-refractivity contribution in [3.8, 4) is 0 Å². The minimum atomic E-state index is -3.05. The van der Waals surface area contributed by atoms with Crippen molar-refractivity contribution < 1.29 is 13.2 Å². The lowest BCUT2D eigenvalue weighted by atomic mass is 9.66. The van der Waals surface area contributed by atoms with Crippen molar-refractivity contribution in [2.24, 2.45) is 11.1 Å². The van der Waals surface area contributed by atoms with E-state index in [-0.39, 0.29) is 23.1 Å². The van der Waals surface area contributed by atoms with Crippen molar-refractivity contribution in [1.29, 1.82) is 0 Å². The number of hydrogen-bond acceptors (Lipinski definition) is 4. The summed E-state index contributed by atoms with van der Waals surface area (Å²) in [5.41, 5.74) is 5.64. The van der Waals surface area contributed by atoms with E-state index < -0.39 is 9.84 Å². The largest absolute Gasteiger partial charge is 0.353 e. The van der Waals surface area contributed by atoms with Crippen molar-refractivity contribution in [3.63, 3.8) is 0 Å². The maximum Gasteiger partial charge on any atom is 0.220 e. The van der Waals surface area contributed by atoms with E-state index in [9.17, 15) is 13.2 Å². The van der Waals surface area contributed by atoms with E-state index >= 15 is 0 Å². The van der Waals surface area contributed by atoms with Crippen LogP contribution in [-0.2, 0) is 14.6 Å². The van der Waals surface area contributed by atoms with E-state index in [0.717, 1.165) is 19.3 Å². The number of amides is 1. The van der Waals surface area contributed by atoms with Gasteiger partial charge < -0.3 is 11.1 Å². The molecule has 1 rings (SSSR count). The molecule has 0 aromatic heterocycles. The summed E-state index contributed by atoms with van der Waals surface area (Å²) in [6.45, 7) is 2.23. The second-order valence-corrected chi connectivity index (χ2v) is 7.48. The van der Waals surface area contributed by atoms with Gasteiger partial charge in [-0.2, -0.15) is 0 Å². The summed E-state index contributed by atoms with van der Waals surface area (Å²) < 4.78 is 22.1. The first-order valence-corrected chi connectivity index (χ1v) is 8.00. The molecule has 17 heavy (non-hydrogen) atoms. The van der Waals surface area contributed by atoms with Crippen molar-refractivity contribution in [1.82, 2.24) is 5.32 Å². The van der Waals surface area contributed by atoms with E-state index in [2.05, 4.69) is 5.32 Å². The third-order valence-electron chi connectivity index (χ3n) is 3.34. The lowest BCUT2D eigenvalue weighted by Gasteiger charge is -2.40. The summed E-state index contributed by atoms with van der Waals surface area (Å²) in [7, 11) is -3.05. The van der Waals surface area contributed by atoms with Gasteiger partial charge in [0.1, 0.15) is 9.84 Å². The molecule has 1 amide bonds. The Bertz CT molecular complexity index is 369. The molecule has 100 valence electrons. The summed E-state index contributed by atoms with van der Waals surface area (Å²) in [6, 6.07) is -0.340. The van der Waals surface area contributed by atoms with Gasteiger partial charge in [-0.3, -0.25) is 4.79 Å². The van der Waals surface area contributed by atoms with E-state index in [4.69, 9.17) is 5.73 Å². The van der Waals surface area contributed by atoms with Crippen molar-refractivity contribution in [2.45, 2.75) is 38.6 Å². The van der Waals surface area contributed by atoms with Gasteiger partial charge in [0.25, 0.3) is 0 Å². The number of sulfone groups is 1. The lowest BCUT2D eigenvalue weighted by molar-refractivity contribution is -0.125. The third kappa shape index (κ3) is 4.63. The molecular formula is C11H22N2O3S. The average Bonchev–Trinajstić information content (AvgIpc) is 2.07. The predicted octanol–water partition coefficient (Wildman–Crippen LogP) is 0.0548. The normalized spacial score (nSPS) is 20.4. The standard InChI is InChI=1S/C11H22N2O3S/c1-9(7-17(2,15)16)13-10(14)6-11(8-12)4-3-5-11/h9H,3-8,12H2,1-2H3,(H,13,14). The number of carbonyl (C=O) groups is 1. The van der Waals surface area contributed by atoms with Crippen LogP contribution in [0, 0.1) is 5.41 Å². The van der Waals surface area contributed by atoms with Gasteiger partial charge in [-0.1, -0.05) is 6.42 Å². The second-order valence-electron chi connectivity index (χ2n) is 5.30. The number of nitrogens with one attached hydrogen (secondary N) is 1. The fourth-order valence-electron chi connectivity index (χ4n) is 2.29. The summed E-state index contributed by atoms with van der Waals surface area (Å²) >= 11 is 0. The van der Waals surface area contributed by atoms with Crippen LogP contribution in [0.25, 0.3) is 0 Å². The molecule has 1 atom stereocenters. The molecule has 0 heterocycles. The molecule has 3 N–H and O–H groups in total. The smallest absolute Gasteiger partial charge is 0.220 e. The van der Waals surface area contributed by atoms with Gasteiger partial charge in [-0.15, -0.1) is 0 Å². The van der Waals surface area contributed by atoms with Crippen molar-refractivity contribution >= 4 is 15.7 Å². The summed E-state index contributed by atoms with van der Waals surface area (Å²) in [5.74, 6) is -0.111. The van der Waals surface area contributed by atoms with Gasteiger partial charge in [0.15, 0.2) is 0 Å². The van der Waals surface area contributed by atoms with Crippen molar-refractivity contribution in [3.05, 3.63) is 0 Å². The van der Waals surface area contributed by atoms with Crippen LogP contribution in [0.3, 0.4) is 0 Å². The van der Waals surface area contributed by atoms with E-state index in [1.807, 2.05) is 0 Å². The van der Waals surface area contributed by atoms with E-state index in [1.165, 1.54) is 6.26 Å². The molecule has 1 aliphatic carbocycles. The number of carbonyl (C=O) groups excluding carboxylic acids is 1. The lowest BCUT2D eigenvalue weighted by Crippen LogP contribution is -2.44. The monoisotopic (exact) mass is 262 g/mol. The number of hydrogen-bond donors (Lipinski definition) is 2. The van der Waals surface area contributed by atoms with Gasteiger partial charge in [0.2, 0.25) is 5.91 Å². The molecule has 1 unspecified atom stereocenters. The van der Waals surface area contributed by atoms with Crippen LogP contribution in [0.5, 0.6) is 0 Å². The van der Waals surface area contributed by atoms with Crippen LogP contribution in [0.2, 0.25) is 0 Å². The molecule has 1 aliphatic rings. The van der Waals surface area contributed by atoms with E-state index in [1.54, 1.807) is 6.92 Å². The minimum absolute atomic E-state index is 0.0195. The maximum absolute atomic E-state index is 11.7. The highest BCUT2D eigenvalue weighted by Gasteiger charge is 2.37. The maximum atomic E-state index is 11.7. The summed E-state index contributed by atoms with van der Waals surface area (Å²) in [4.78, 5) is 11.7. The molecule has 6 heteroatoms.